The molecular formula is C20H25N3OS. The Labute approximate surface area is 155 Å². The number of benzene rings is 2. The number of rotatable bonds is 4. The summed E-state index contributed by atoms with van der Waals surface area (Å²) in [4.78, 5) is 2.34. The molecule has 0 aliphatic carbocycles. The van der Waals surface area contributed by atoms with Gasteiger partial charge < -0.3 is 20.3 Å². The van der Waals surface area contributed by atoms with Crippen LogP contribution in [0.5, 0.6) is 5.75 Å². The highest BCUT2D eigenvalue weighted by atomic mass is 32.1. The summed E-state index contributed by atoms with van der Waals surface area (Å²) in [6.07, 6.45) is 2.49. The van der Waals surface area contributed by atoms with E-state index in [0.29, 0.717) is 11.2 Å². The lowest BCUT2D eigenvalue weighted by Crippen LogP contribution is -2.35. The SMILES string of the molecule is Cc1ccc(NC(=S)Nc2ccc(OC3CCN(C)CC3)cc2)cc1. The second kappa shape index (κ2) is 8.32. The standard InChI is InChI=1S/C20H25N3OS/c1-15-3-5-16(6-4-15)21-20(25)22-17-7-9-18(10-8-17)24-19-11-13-23(2)14-12-19/h3-10,19H,11-14H2,1-2H3,(H2,21,22,25). The highest BCUT2D eigenvalue weighted by Gasteiger charge is 2.17. The third-order valence-corrected chi connectivity index (χ3v) is 4.59. The van der Waals surface area contributed by atoms with Crippen LogP contribution in [0.25, 0.3) is 0 Å². The average molecular weight is 356 g/mol. The van der Waals surface area contributed by atoms with Crippen LogP contribution in [0.4, 0.5) is 11.4 Å². The lowest BCUT2D eigenvalue weighted by molar-refractivity contribution is 0.114. The third-order valence-electron chi connectivity index (χ3n) is 4.39. The zero-order valence-electron chi connectivity index (χ0n) is 14.8. The summed E-state index contributed by atoms with van der Waals surface area (Å²) in [7, 11) is 2.16. The van der Waals surface area contributed by atoms with Crippen LogP contribution in [-0.2, 0) is 0 Å². The molecule has 1 aliphatic heterocycles. The zero-order chi connectivity index (χ0) is 17.6. The Bertz CT molecular complexity index is 692. The largest absolute Gasteiger partial charge is 0.490 e. The number of likely N-dealkylation sites (tertiary alicyclic amines) is 1. The van der Waals surface area contributed by atoms with Crippen LogP contribution in [-0.4, -0.2) is 36.3 Å². The molecule has 0 saturated carbocycles. The van der Waals surface area contributed by atoms with E-state index in [1.807, 2.05) is 36.4 Å². The van der Waals surface area contributed by atoms with Crippen LogP contribution in [0.1, 0.15) is 18.4 Å². The molecule has 1 heterocycles. The normalized spacial score (nSPS) is 15.6. The summed E-state index contributed by atoms with van der Waals surface area (Å²) in [6.45, 7) is 4.27. The maximum Gasteiger partial charge on any atom is 0.175 e. The van der Waals surface area contributed by atoms with Crippen LogP contribution in [0, 0.1) is 6.92 Å². The smallest absolute Gasteiger partial charge is 0.175 e. The summed E-state index contributed by atoms with van der Waals surface area (Å²) in [6, 6.07) is 16.1. The van der Waals surface area contributed by atoms with Crippen molar-refractivity contribution in [1.82, 2.24) is 4.90 Å². The Balaban J connectivity index is 1.50. The van der Waals surface area contributed by atoms with Crippen molar-refractivity contribution in [2.75, 3.05) is 30.8 Å². The van der Waals surface area contributed by atoms with Gasteiger partial charge in [0, 0.05) is 24.5 Å². The summed E-state index contributed by atoms with van der Waals surface area (Å²) in [5.41, 5.74) is 3.15. The second-order valence-corrected chi connectivity index (χ2v) is 7.00. The van der Waals surface area contributed by atoms with Crippen molar-refractivity contribution in [1.29, 1.82) is 0 Å². The van der Waals surface area contributed by atoms with E-state index in [4.69, 9.17) is 17.0 Å². The minimum Gasteiger partial charge on any atom is -0.490 e. The number of hydrogen-bond acceptors (Lipinski definition) is 3. The zero-order valence-corrected chi connectivity index (χ0v) is 15.6. The maximum absolute atomic E-state index is 6.07. The van der Waals surface area contributed by atoms with Crippen LogP contribution < -0.4 is 15.4 Å². The van der Waals surface area contributed by atoms with E-state index < -0.39 is 0 Å². The van der Waals surface area contributed by atoms with Gasteiger partial charge in [-0.1, -0.05) is 17.7 Å². The first-order valence-corrected chi connectivity index (χ1v) is 9.09. The Morgan fingerprint density at radius 1 is 0.960 bits per heavy atom. The Kier molecular flexibility index (Phi) is 5.89. The lowest BCUT2D eigenvalue weighted by atomic mass is 10.1. The monoisotopic (exact) mass is 355 g/mol. The Morgan fingerprint density at radius 2 is 1.48 bits per heavy atom. The quantitative estimate of drug-likeness (QED) is 0.801. The highest BCUT2D eigenvalue weighted by Crippen LogP contribution is 2.21. The van der Waals surface area contributed by atoms with E-state index in [-0.39, 0.29) is 0 Å². The van der Waals surface area contributed by atoms with Crippen LogP contribution in [0.2, 0.25) is 0 Å². The molecule has 4 nitrogen and oxygen atoms in total. The van der Waals surface area contributed by atoms with E-state index in [0.717, 1.165) is 43.1 Å². The molecule has 0 amide bonds. The van der Waals surface area contributed by atoms with Gasteiger partial charge >= 0.3 is 0 Å². The molecule has 1 fully saturated rings. The summed E-state index contributed by atoms with van der Waals surface area (Å²) in [5.74, 6) is 0.914. The van der Waals surface area contributed by atoms with E-state index in [1.165, 1.54) is 5.56 Å². The predicted molar refractivity (Wildman–Crippen MR) is 109 cm³/mol. The molecule has 132 valence electrons. The number of thiocarbonyl (C=S) groups is 1. The number of aryl methyl sites for hydroxylation is 1. The topological polar surface area (TPSA) is 36.5 Å². The van der Waals surface area contributed by atoms with Gasteiger partial charge in [0.25, 0.3) is 0 Å². The third kappa shape index (κ3) is 5.44. The van der Waals surface area contributed by atoms with Gasteiger partial charge in [-0.3, -0.25) is 0 Å². The molecule has 3 rings (SSSR count). The molecule has 0 unspecified atom stereocenters. The van der Waals surface area contributed by atoms with Gasteiger partial charge in [-0.25, -0.2) is 0 Å². The van der Waals surface area contributed by atoms with E-state index in [2.05, 4.69) is 41.6 Å². The average Bonchev–Trinajstić information content (AvgIpc) is 2.61. The maximum atomic E-state index is 6.07. The summed E-state index contributed by atoms with van der Waals surface area (Å²) >= 11 is 5.37. The fourth-order valence-electron chi connectivity index (χ4n) is 2.84. The minimum absolute atomic E-state index is 0.319. The fraction of sp³-hybridized carbons (Fsp3) is 0.350. The van der Waals surface area contributed by atoms with Crippen molar-refractivity contribution in [3.63, 3.8) is 0 Å². The number of ether oxygens (including phenoxy) is 1. The summed E-state index contributed by atoms with van der Waals surface area (Å²) in [5, 5.41) is 6.96. The fourth-order valence-corrected chi connectivity index (χ4v) is 3.08. The minimum atomic E-state index is 0.319. The molecule has 0 radical (unpaired) electrons. The van der Waals surface area contributed by atoms with Gasteiger partial charge in [0.2, 0.25) is 0 Å². The van der Waals surface area contributed by atoms with Crippen molar-refractivity contribution < 1.29 is 4.74 Å². The number of piperidine rings is 1. The predicted octanol–water partition coefficient (Wildman–Crippen LogP) is 4.28. The first-order chi connectivity index (χ1) is 12.1. The Hall–Kier alpha value is -2.11. The number of anilines is 2. The van der Waals surface area contributed by atoms with Crippen LogP contribution in [0.3, 0.4) is 0 Å². The highest BCUT2D eigenvalue weighted by molar-refractivity contribution is 7.80. The van der Waals surface area contributed by atoms with Crippen molar-refractivity contribution in [2.24, 2.45) is 0 Å². The molecule has 0 atom stereocenters. The molecule has 1 saturated heterocycles. The second-order valence-electron chi connectivity index (χ2n) is 6.59. The molecule has 0 bridgehead atoms. The van der Waals surface area contributed by atoms with Crippen LogP contribution >= 0.6 is 12.2 Å². The van der Waals surface area contributed by atoms with Gasteiger partial charge in [-0.05, 0) is 75.4 Å². The number of hydrogen-bond donors (Lipinski definition) is 2. The van der Waals surface area contributed by atoms with Crippen molar-refractivity contribution >= 4 is 28.7 Å². The van der Waals surface area contributed by atoms with E-state index in [1.54, 1.807) is 0 Å². The number of nitrogens with one attached hydrogen (secondary N) is 2. The van der Waals surface area contributed by atoms with Crippen molar-refractivity contribution in [2.45, 2.75) is 25.9 Å². The molecular weight excluding hydrogens is 330 g/mol. The van der Waals surface area contributed by atoms with Crippen molar-refractivity contribution in [3.05, 3.63) is 54.1 Å². The molecule has 2 N–H and O–H groups in total. The number of nitrogens with zero attached hydrogens (tertiary/aromatic N) is 1. The molecule has 0 aromatic heterocycles. The van der Waals surface area contributed by atoms with E-state index in [9.17, 15) is 0 Å². The van der Waals surface area contributed by atoms with Gasteiger partial charge in [-0.15, -0.1) is 0 Å². The molecule has 2 aromatic carbocycles. The van der Waals surface area contributed by atoms with E-state index >= 15 is 0 Å². The molecule has 5 heteroatoms. The first kappa shape index (κ1) is 17.7. The molecule has 25 heavy (non-hydrogen) atoms. The molecule has 0 spiro atoms. The summed E-state index contributed by atoms with van der Waals surface area (Å²) < 4.78 is 6.07. The van der Waals surface area contributed by atoms with Gasteiger partial charge in [-0.2, -0.15) is 0 Å². The van der Waals surface area contributed by atoms with Gasteiger partial charge in [0.05, 0.1) is 0 Å². The Morgan fingerprint density at radius 3 is 2.04 bits per heavy atom. The first-order valence-electron chi connectivity index (χ1n) is 8.68. The molecule has 1 aliphatic rings. The van der Waals surface area contributed by atoms with Gasteiger partial charge in [0.15, 0.2) is 5.11 Å². The van der Waals surface area contributed by atoms with Crippen molar-refractivity contribution in [3.8, 4) is 5.75 Å². The lowest BCUT2D eigenvalue weighted by Gasteiger charge is -2.29. The van der Waals surface area contributed by atoms with Gasteiger partial charge in [0.1, 0.15) is 11.9 Å². The molecule has 2 aromatic rings. The van der Waals surface area contributed by atoms with Crippen LogP contribution in [0.15, 0.2) is 48.5 Å².